The van der Waals surface area contributed by atoms with Crippen LogP contribution in [0, 0.1) is 51.4 Å². The van der Waals surface area contributed by atoms with Crippen LogP contribution < -0.4 is 21.3 Å². The molecule has 4 N–H and O–H groups in total. The predicted molar refractivity (Wildman–Crippen MR) is 212 cm³/mol. The molecule has 4 aromatic rings. The molecule has 16 heteroatoms. The summed E-state index contributed by atoms with van der Waals surface area (Å²) in [5.41, 5.74) is 3.40. The Morgan fingerprint density at radius 1 is 0.375 bits per heavy atom. The van der Waals surface area contributed by atoms with Crippen molar-refractivity contribution in [2.75, 3.05) is 0 Å². The molecule has 0 aromatic carbocycles. The maximum atomic E-state index is 14.1. The molecule has 0 saturated carbocycles. The molecule has 1 aliphatic rings. The molecule has 0 aliphatic carbocycles. The molecule has 0 saturated heterocycles. The molecule has 5 rings (SSSR count). The molecular formula is C40H60N12O4. The highest BCUT2D eigenvalue weighted by molar-refractivity contribution is 5.96. The molecule has 1 aliphatic heterocycles. The lowest BCUT2D eigenvalue weighted by Gasteiger charge is -2.22. The van der Waals surface area contributed by atoms with Gasteiger partial charge < -0.3 is 39.5 Å². The normalized spacial score (nSPS) is 20.1. The molecule has 56 heavy (non-hydrogen) atoms. The highest BCUT2D eigenvalue weighted by Crippen LogP contribution is 2.30. The fourth-order valence-corrected chi connectivity index (χ4v) is 7.33. The van der Waals surface area contributed by atoms with Gasteiger partial charge in [0.1, 0.15) is 46.1 Å². The van der Waals surface area contributed by atoms with Gasteiger partial charge in [0.05, 0.1) is 24.2 Å². The first-order valence-corrected chi connectivity index (χ1v) is 19.4. The van der Waals surface area contributed by atoms with Crippen LogP contribution in [0.3, 0.4) is 0 Å². The van der Waals surface area contributed by atoms with Crippen molar-refractivity contribution in [1.82, 2.24) is 59.5 Å². The van der Waals surface area contributed by atoms with Gasteiger partial charge in [-0.15, -0.1) is 0 Å². The van der Waals surface area contributed by atoms with Crippen molar-refractivity contribution < 1.29 is 19.2 Å². The third-order valence-corrected chi connectivity index (χ3v) is 11.4. The second-order valence-corrected chi connectivity index (χ2v) is 16.6. The highest BCUT2D eigenvalue weighted by atomic mass is 16.2. The lowest BCUT2D eigenvalue weighted by atomic mass is 10.0. The van der Waals surface area contributed by atoms with Gasteiger partial charge in [-0.1, -0.05) is 55.4 Å². The van der Waals surface area contributed by atoms with Gasteiger partial charge in [0, 0.05) is 51.0 Å². The highest BCUT2D eigenvalue weighted by Gasteiger charge is 2.35. The van der Waals surface area contributed by atoms with E-state index in [4.69, 9.17) is 19.9 Å². The first-order valence-electron chi connectivity index (χ1n) is 19.4. The van der Waals surface area contributed by atoms with Gasteiger partial charge in [-0.2, -0.15) is 0 Å². The monoisotopic (exact) mass is 772 g/mol. The van der Waals surface area contributed by atoms with Gasteiger partial charge in [-0.25, -0.2) is 19.9 Å². The molecule has 16 nitrogen and oxygen atoms in total. The molecule has 304 valence electrons. The molecule has 5 heterocycles. The van der Waals surface area contributed by atoms with Crippen LogP contribution >= 0.6 is 0 Å². The Hall–Kier alpha value is -5.28. The molecule has 4 aromatic heterocycles. The number of carbonyl (C=O) groups is 4. The van der Waals surface area contributed by atoms with Crippen molar-refractivity contribution in [3.05, 3.63) is 68.8 Å². The first-order chi connectivity index (χ1) is 26.1. The second kappa shape index (κ2) is 15.7. The van der Waals surface area contributed by atoms with Crippen LogP contribution in [-0.4, -0.2) is 61.8 Å². The fraction of sp³-hybridized carbons (Fsp3) is 0.600. The summed E-state index contributed by atoms with van der Waals surface area (Å²) in [6, 6.07) is -2.28. The summed E-state index contributed by atoms with van der Waals surface area (Å²) in [5.74, 6) is 0.0575. The third-order valence-electron chi connectivity index (χ3n) is 11.4. The van der Waals surface area contributed by atoms with E-state index in [1.165, 1.54) is 0 Å². The fourth-order valence-electron chi connectivity index (χ4n) is 7.33. The van der Waals surface area contributed by atoms with Crippen LogP contribution in [0.15, 0.2) is 0 Å². The van der Waals surface area contributed by atoms with Crippen molar-refractivity contribution in [2.24, 2.45) is 51.9 Å². The molecule has 0 spiro atoms. The quantitative estimate of drug-likeness (QED) is 0.230. The van der Waals surface area contributed by atoms with E-state index >= 15 is 0 Å². The van der Waals surface area contributed by atoms with E-state index < -0.39 is 47.8 Å². The molecule has 4 atom stereocenters. The van der Waals surface area contributed by atoms with E-state index in [2.05, 4.69) is 21.3 Å². The number of rotatable bonds is 4. The maximum Gasteiger partial charge on any atom is 0.272 e. The molecule has 8 bridgehead atoms. The average molecular weight is 773 g/mol. The molecule has 0 unspecified atom stereocenters. The number of imidazole rings is 4. The van der Waals surface area contributed by atoms with E-state index in [1.54, 1.807) is 0 Å². The largest absolute Gasteiger partial charge is 0.340 e. The number of hydrogen-bond donors (Lipinski definition) is 4. The van der Waals surface area contributed by atoms with E-state index in [1.807, 2.05) is 130 Å². The van der Waals surface area contributed by atoms with Crippen molar-refractivity contribution >= 4 is 23.6 Å². The third kappa shape index (κ3) is 7.37. The Balaban J connectivity index is 1.70. The van der Waals surface area contributed by atoms with E-state index in [0.717, 1.165) is 0 Å². The summed E-state index contributed by atoms with van der Waals surface area (Å²) < 4.78 is 7.32. The molecule has 0 fully saturated rings. The molecular weight excluding hydrogens is 713 g/mol. The molecule has 4 amide bonds. The van der Waals surface area contributed by atoms with Gasteiger partial charge in [0.2, 0.25) is 0 Å². The summed E-state index contributed by atoms with van der Waals surface area (Å²) in [4.78, 5) is 75.8. The van der Waals surface area contributed by atoms with E-state index in [9.17, 15) is 19.2 Å². The standard InChI is InChI=1S/C40H60N12O4/c1-17(2)25-33-41-30(21(9)49(33)13)38(54)46-27(19(5)6)35-43-32(23(11)51(35)15)40(56)48-28(20(7)8)36-44-31(24(12)52(36)16)39(55)47-26(18(3)4)34-42-29(37(53)45-25)22(10)50(34)14/h17-20,25-28H,1-16H3,(H,45,53)(H,46,54)(H,47,55)(H,48,56)/t25-,26+,27+,28-. The Morgan fingerprint density at radius 2 is 0.536 bits per heavy atom. The van der Waals surface area contributed by atoms with Gasteiger partial charge in [-0.05, 0) is 51.4 Å². The number of nitrogens with one attached hydrogen (secondary N) is 4. The zero-order valence-corrected chi connectivity index (χ0v) is 35.8. The summed E-state index contributed by atoms with van der Waals surface area (Å²) in [5, 5.41) is 12.6. The van der Waals surface area contributed by atoms with Gasteiger partial charge in [-0.3, -0.25) is 19.2 Å². The molecule has 0 radical (unpaired) electrons. The van der Waals surface area contributed by atoms with Crippen molar-refractivity contribution in [3.8, 4) is 0 Å². The number of aromatic nitrogens is 8. The van der Waals surface area contributed by atoms with Crippen molar-refractivity contribution in [1.29, 1.82) is 0 Å². The zero-order chi connectivity index (χ0) is 41.8. The second-order valence-electron chi connectivity index (χ2n) is 16.6. The lowest BCUT2D eigenvalue weighted by Crippen LogP contribution is -2.35. The first kappa shape index (κ1) is 41.9. The summed E-state index contributed by atoms with van der Waals surface area (Å²) in [6.45, 7) is 23.1. The van der Waals surface area contributed by atoms with Crippen molar-refractivity contribution in [2.45, 2.75) is 107 Å². The maximum absolute atomic E-state index is 14.1. The number of carbonyl (C=O) groups excluding carboxylic acids is 4. The minimum atomic E-state index is -0.570. The zero-order valence-electron chi connectivity index (χ0n) is 35.8. The average Bonchev–Trinajstić information content (AvgIpc) is 3.80. The Kier molecular flexibility index (Phi) is 11.7. The van der Waals surface area contributed by atoms with E-state index in [-0.39, 0.29) is 46.4 Å². The predicted octanol–water partition coefficient (Wildman–Crippen LogP) is 4.68. The number of hydrogen-bond acceptors (Lipinski definition) is 8. The summed E-state index contributed by atoms with van der Waals surface area (Å²) >= 11 is 0. The topological polar surface area (TPSA) is 188 Å². The van der Waals surface area contributed by atoms with Crippen molar-refractivity contribution in [3.63, 3.8) is 0 Å². The van der Waals surface area contributed by atoms with Gasteiger partial charge >= 0.3 is 0 Å². The smallest absolute Gasteiger partial charge is 0.272 e. The number of fused-ring (bicyclic) bond motifs is 8. The van der Waals surface area contributed by atoms with Gasteiger partial charge in [0.15, 0.2) is 0 Å². The Labute approximate surface area is 329 Å². The minimum absolute atomic E-state index is 0.106. The number of amides is 4. The SMILES string of the molecule is Cc1c2nc(n1C)[C@H](C(C)C)NC(=O)c1nc(n(C)c1C)[C@@H](C(C)C)NC(=O)c1nc(n(C)c1C)[C@H](C(C)C)NC(=O)c1nc(n(C)c1C)[C@@H](C(C)C)NC2=O. The van der Waals surface area contributed by atoms with E-state index in [0.29, 0.717) is 46.1 Å². The summed E-state index contributed by atoms with van der Waals surface area (Å²) in [6.07, 6.45) is 0. The lowest BCUT2D eigenvalue weighted by molar-refractivity contribution is 0.0909. The van der Waals surface area contributed by atoms with Gasteiger partial charge in [0.25, 0.3) is 23.6 Å². The minimum Gasteiger partial charge on any atom is -0.340 e. The number of nitrogens with zero attached hydrogens (tertiary/aromatic N) is 8. The Bertz CT molecular complexity index is 1870. The van der Waals surface area contributed by atoms with Crippen LogP contribution in [0.4, 0.5) is 0 Å². The Morgan fingerprint density at radius 3 is 0.679 bits per heavy atom. The summed E-state index contributed by atoms with van der Waals surface area (Å²) in [7, 11) is 7.30. The van der Waals surface area contributed by atoms with Crippen LogP contribution in [-0.2, 0) is 28.2 Å². The van der Waals surface area contributed by atoms with Crippen LogP contribution in [0.25, 0.3) is 0 Å². The van der Waals surface area contributed by atoms with Crippen LogP contribution in [0.5, 0.6) is 0 Å². The van der Waals surface area contributed by atoms with Crippen LogP contribution in [0.1, 0.15) is 168 Å². The van der Waals surface area contributed by atoms with Crippen LogP contribution in [0.2, 0.25) is 0 Å².